The number of benzene rings is 2. The molecule has 1 radical (unpaired) electrons. The van der Waals surface area contributed by atoms with Gasteiger partial charge in [0.25, 0.3) is 5.91 Å². The zero-order chi connectivity index (χ0) is 16.8. The lowest BCUT2D eigenvalue weighted by Crippen LogP contribution is -2.43. The normalized spacial score (nSPS) is 11.5. The number of amides is 1. The predicted octanol–water partition coefficient (Wildman–Crippen LogP) is 1.82. The Morgan fingerprint density at radius 1 is 1.22 bits per heavy atom. The predicted molar refractivity (Wildman–Crippen MR) is 84.3 cm³/mol. The van der Waals surface area contributed by atoms with Crippen LogP contribution in [0.2, 0.25) is 0 Å². The second-order valence-corrected chi connectivity index (χ2v) is 4.97. The maximum atomic E-state index is 12.3. The molecule has 0 spiro atoms. The number of aromatic hydroxyl groups is 1. The first-order chi connectivity index (χ1) is 11.0. The number of rotatable bonds is 5. The second kappa shape index (κ2) is 7.31. The molecule has 1 amide bonds. The van der Waals surface area contributed by atoms with E-state index in [1.54, 1.807) is 0 Å². The number of phenols is 1. The molecule has 6 heteroatoms. The van der Waals surface area contributed by atoms with Gasteiger partial charge in [0.05, 0.1) is 18.4 Å². The summed E-state index contributed by atoms with van der Waals surface area (Å²) in [5.74, 6) is -1.48. The summed E-state index contributed by atoms with van der Waals surface area (Å²) in [5.41, 5.74) is 8.36. The third-order valence-electron chi connectivity index (χ3n) is 3.32. The molecule has 0 aromatic heterocycles. The Hall–Kier alpha value is -3.02. The Morgan fingerprint density at radius 3 is 2.52 bits per heavy atom. The molecule has 1 atom stereocenters. The fraction of sp³-hybridized carbons (Fsp3) is 0.176. The van der Waals surface area contributed by atoms with Gasteiger partial charge in [-0.15, -0.1) is 0 Å². The fourth-order valence-electron chi connectivity index (χ4n) is 2.14. The van der Waals surface area contributed by atoms with Crippen LogP contribution in [-0.4, -0.2) is 30.1 Å². The molecular weight excluding hydrogens is 296 g/mol. The Balaban J connectivity index is 2.17. The number of nitrogens with one attached hydrogen (secondary N) is 2. The maximum absolute atomic E-state index is 12.3. The summed E-state index contributed by atoms with van der Waals surface area (Å²) >= 11 is 0. The zero-order valence-electron chi connectivity index (χ0n) is 12.6. The van der Waals surface area contributed by atoms with E-state index in [9.17, 15) is 14.7 Å². The number of hydrogen-bond donors (Lipinski definition) is 2. The van der Waals surface area contributed by atoms with Gasteiger partial charge in [0.15, 0.2) is 0 Å². The number of ether oxygens (including phenoxy) is 1. The molecule has 0 saturated carbocycles. The molecule has 23 heavy (non-hydrogen) atoms. The van der Waals surface area contributed by atoms with Crippen molar-refractivity contribution < 1.29 is 19.4 Å². The Bertz CT molecular complexity index is 701. The van der Waals surface area contributed by atoms with Gasteiger partial charge in [-0.25, -0.2) is 4.79 Å². The molecule has 0 aliphatic carbocycles. The highest BCUT2D eigenvalue weighted by Gasteiger charge is 2.23. The van der Waals surface area contributed by atoms with Crippen molar-refractivity contribution in [1.29, 1.82) is 0 Å². The van der Waals surface area contributed by atoms with Gasteiger partial charge in [-0.3, -0.25) is 4.79 Å². The number of methoxy groups -OCH3 is 1. The minimum Gasteiger partial charge on any atom is -0.507 e. The molecular formula is C17H17N2O4. The van der Waals surface area contributed by atoms with Crippen LogP contribution in [0.15, 0.2) is 48.5 Å². The lowest BCUT2D eigenvalue weighted by molar-refractivity contribution is -0.142. The largest absolute Gasteiger partial charge is 0.507 e. The number of phenolic OH excluding ortho intramolecular Hbond substituents is 1. The van der Waals surface area contributed by atoms with Crippen LogP contribution in [0, 0.1) is 0 Å². The number of esters is 1. The topological polar surface area (TPSA) is 99.4 Å². The van der Waals surface area contributed by atoms with Gasteiger partial charge >= 0.3 is 5.97 Å². The summed E-state index contributed by atoms with van der Waals surface area (Å²) in [4.78, 5) is 24.2. The molecule has 0 heterocycles. The Kier molecular flexibility index (Phi) is 5.19. The zero-order valence-corrected chi connectivity index (χ0v) is 12.6. The average molecular weight is 313 g/mol. The fourth-order valence-corrected chi connectivity index (χ4v) is 2.14. The van der Waals surface area contributed by atoms with Crippen molar-refractivity contribution >= 4 is 17.6 Å². The molecule has 3 N–H and O–H groups in total. The molecule has 0 fully saturated rings. The van der Waals surface area contributed by atoms with Crippen LogP contribution >= 0.6 is 0 Å². The van der Waals surface area contributed by atoms with Crippen molar-refractivity contribution in [2.45, 2.75) is 12.5 Å². The van der Waals surface area contributed by atoms with E-state index in [2.05, 4.69) is 5.32 Å². The van der Waals surface area contributed by atoms with Gasteiger partial charge in [0, 0.05) is 12.5 Å². The van der Waals surface area contributed by atoms with Gasteiger partial charge in [-0.2, -0.15) is 0 Å². The van der Waals surface area contributed by atoms with Crippen LogP contribution in [0.3, 0.4) is 0 Å². The van der Waals surface area contributed by atoms with E-state index >= 15 is 0 Å². The van der Waals surface area contributed by atoms with Crippen molar-refractivity contribution in [2.24, 2.45) is 0 Å². The molecule has 0 aliphatic rings. The summed E-state index contributed by atoms with van der Waals surface area (Å²) in [6.45, 7) is 0. The molecule has 119 valence electrons. The first-order valence-corrected chi connectivity index (χ1v) is 6.98. The Morgan fingerprint density at radius 2 is 1.91 bits per heavy atom. The average Bonchev–Trinajstić information content (AvgIpc) is 2.54. The summed E-state index contributed by atoms with van der Waals surface area (Å²) in [6, 6.07) is 12.2. The lowest BCUT2D eigenvalue weighted by Gasteiger charge is -2.17. The minimum absolute atomic E-state index is 0.00275. The van der Waals surface area contributed by atoms with Crippen LogP contribution in [0.25, 0.3) is 0 Å². The van der Waals surface area contributed by atoms with Crippen LogP contribution in [0.4, 0.5) is 5.69 Å². The monoisotopic (exact) mass is 313 g/mol. The van der Waals surface area contributed by atoms with Gasteiger partial charge in [-0.1, -0.05) is 30.3 Å². The third-order valence-corrected chi connectivity index (χ3v) is 3.32. The standard InChI is InChI=1S/C17H17N2O4/c1-23-17(22)14(9-11-5-3-2-4-6-11)19-16(21)13-8-7-12(18)10-15(13)20/h2-8,10,14,18,20H,9H2,1H3,(H,19,21)/t14-/m0/s1. The first-order valence-electron chi connectivity index (χ1n) is 6.98. The molecule has 6 nitrogen and oxygen atoms in total. The van der Waals surface area contributed by atoms with Crippen molar-refractivity contribution in [3.8, 4) is 5.75 Å². The highest BCUT2D eigenvalue weighted by atomic mass is 16.5. The molecule has 2 aromatic carbocycles. The third kappa shape index (κ3) is 4.23. The van der Waals surface area contributed by atoms with Crippen LogP contribution in [-0.2, 0) is 16.0 Å². The van der Waals surface area contributed by atoms with E-state index in [-0.39, 0.29) is 23.4 Å². The van der Waals surface area contributed by atoms with Crippen molar-refractivity contribution in [3.05, 3.63) is 59.7 Å². The van der Waals surface area contributed by atoms with E-state index < -0.39 is 17.9 Å². The van der Waals surface area contributed by atoms with E-state index in [0.717, 1.165) is 5.56 Å². The van der Waals surface area contributed by atoms with Crippen LogP contribution < -0.4 is 11.1 Å². The number of carbonyl (C=O) groups excluding carboxylic acids is 2. The summed E-state index contributed by atoms with van der Waals surface area (Å²) < 4.78 is 4.72. The number of carbonyl (C=O) groups is 2. The summed E-state index contributed by atoms with van der Waals surface area (Å²) in [5, 5.41) is 12.3. The summed E-state index contributed by atoms with van der Waals surface area (Å²) in [7, 11) is 1.25. The van der Waals surface area contributed by atoms with E-state index in [4.69, 9.17) is 10.5 Å². The molecule has 0 saturated heterocycles. The highest BCUT2D eigenvalue weighted by Crippen LogP contribution is 2.21. The highest BCUT2D eigenvalue weighted by molar-refractivity contribution is 5.99. The number of hydrogen-bond acceptors (Lipinski definition) is 4. The minimum atomic E-state index is -0.870. The van der Waals surface area contributed by atoms with E-state index in [1.807, 2.05) is 30.3 Å². The molecule has 0 bridgehead atoms. The van der Waals surface area contributed by atoms with Crippen molar-refractivity contribution in [3.63, 3.8) is 0 Å². The van der Waals surface area contributed by atoms with Gasteiger partial charge in [0.2, 0.25) is 0 Å². The van der Waals surface area contributed by atoms with Crippen LogP contribution in [0.5, 0.6) is 5.75 Å². The lowest BCUT2D eigenvalue weighted by atomic mass is 10.1. The molecule has 0 aliphatic heterocycles. The van der Waals surface area contributed by atoms with Crippen molar-refractivity contribution in [1.82, 2.24) is 11.1 Å². The van der Waals surface area contributed by atoms with Crippen LogP contribution in [0.1, 0.15) is 15.9 Å². The molecule has 2 aromatic rings. The maximum Gasteiger partial charge on any atom is 0.328 e. The van der Waals surface area contributed by atoms with Gasteiger partial charge in [0.1, 0.15) is 11.8 Å². The smallest absolute Gasteiger partial charge is 0.328 e. The first kappa shape index (κ1) is 16.4. The second-order valence-electron chi connectivity index (χ2n) is 4.97. The van der Waals surface area contributed by atoms with Gasteiger partial charge < -0.3 is 20.9 Å². The quantitative estimate of drug-likeness (QED) is 0.822. The van der Waals surface area contributed by atoms with Crippen molar-refractivity contribution in [2.75, 3.05) is 7.11 Å². The molecule has 0 unspecified atom stereocenters. The van der Waals surface area contributed by atoms with E-state index in [0.29, 0.717) is 0 Å². The summed E-state index contributed by atoms with van der Waals surface area (Å²) in [6.07, 6.45) is 0.274. The SMILES string of the molecule is COC(=O)[C@H](Cc1ccccc1)NC(=O)c1ccc([NH])cc1O. The van der Waals surface area contributed by atoms with Gasteiger partial charge in [-0.05, 0) is 17.7 Å². The Labute approximate surface area is 133 Å². The molecule has 2 rings (SSSR count). The van der Waals surface area contributed by atoms with E-state index in [1.165, 1.54) is 25.3 Å².